The van der Waals surface area contributed by atoms with Crippen LogP contribution in [0.2, 0.25) is 0 Å². The van der Waals surface area contributed by atoms with Crippen molar-refractivity contribution in [2.45, 2.75) is 12.8 Å². The zero-order valence-corrected chi connectivity index (χ0v) is 12.1. The third-order valence-electron chi connectivity index (χ3n) is 3.82. The third kappa shape index (κ3) is 2.51. The Labute approximate surface area is 129 Å². The summed E-state index contributed by atoms with van der Waals surface area (Å²) in [5.74, 6) is 2.21. The van der Waals surface area contributed by atoms with Crippen molar-refractivity contribution >= 4 is 11.8 Å². The maximum absolute atomic E-state index is 12.2. The number of aryl methyl sites for hydroxylation is 1. The Morgan fingerprint density at radius 2 is 1.64 bits per heavy atom. The summed E-state index contributed by atoms with van der Waals surface area (Å²) in [5.41, 5.74) is 2.97. The normalized spacial score (nSPS) is 13.1. The Morgan fingerprint density at radius 3 is 2.27 bits per heavy atom. The molecule has 1 aliphatic heterocycles. The van der Waals surface area contributed by atoms with E-state index in [1.807, 2.05) is 24.3 Å². The fourth-order valence-electron chi connectivity index (χ4n) is 2.70. The summed E-state index contributed by atoms with van der Waals surface area (Å²) in [6, 6.07) is 14.7. The largest absolute Gasteiger partial charge is 0.274 e. The number of fused-ring (bicyclic) bond motifs is 1. The van der Waals surface area contributed by atoms with E-state index in [1.165, 1.54) is 4.90 Å². The van der Waals surface area contributed by atoms with Crippen LogP contribution < -0.4 is 0 Å². The molecule has 22 heavy (non-hydrogen) atoms. The fourth-order valence-corrected chi connectivity index (χ4v) is 2.70. The van der Waals surface area contributed by atoms with Crippen LogP contribution in [0.5, 0.6) is 0 Å². The van der Waals surface area contributed by atoms with Gasteiger partial charge in [-0.3, -0.25) is 14.5 Å². The van der Waals surface area contributed by atoms with Crippen LogP contribution in [0.1, 0.15) is 38.3 Å². The first-order valence-electron chi connectivity index (χ1n) is 7.21. The molecule has 108 valence electrons. The van der Waals surface area contributed by atoms with Crippen LogP contribution in [-0.2, 0) is 6.42 Å². The van der Waals surface area contributed by atoms with Crippen molar-refractivity contribution < 1.29 is 9.59 Å². The first kappa shape index (κ1) is 14.1. The lowest BCUT2D eigenvalue weighted by Crippen LogP contribution is -2.30. The summed E-state index contributed by atoms with van der Waals surface area (Å²) in [6.07, 6.45) is 6.89. The van der Waals surface area contributed by atoms with Gasteiger partial charge in [0.15, 0.2) is 0 Å². The zero-order valence-electron chi connectivity index (χ0n) is 12.1. The summed E-state index contributed by atoms with van der Waals surface area (Å²) in [6.45, 7) is 0.423. The van der Waals surface area contributed by atoms with Gasteiger partial charge in [0.1, 0.15) is 0 Å². The highest BCUT2D eigenvalue weighted by molar-refractivity contribution is 6.21. The van der Waals surface area contributed by atoms with Crippen LogP contribution in [-0.4, -0.2) is 23.3 Å². The van der Waals surface area contributed by atoms with Gasteiger partial charge in [0.25, 0.3) is 11.8 Å². The van der Waals surface area contributed by atoms with Gasteiger partial charge in [-0.15, -0.1) is 6.42 Å². The molecule has 0 spiro atoms. The van der Waals surface area contributed by atoms with Crippen molar-refractivity contribution in [3.63, 3.8) is 0 Å². The minimum atomic E-state index is -0.196. The van der Waals surface area contributed by atoms with Crippen molar-refractivity contribution in [1.82, 2.24) is 4.90 Å². The Balaban J connectivity index is 1.65. The average molecular weight is 289 g/mol. The van der Waals surface area contributed by atoms with E-state index in [4.69, 9.17) is 6.42 Å². The van der Waals surface area contributed by atoms with E-state index in [9.17, 15) is 9.59 Å². The maximum atomic E-state index is 12.2. The molecule has 0 aliphatic carbocycles. The molecule has 0 radical (unpaired) electrons. The van der Waals surface area contributed by atoms with E-state index in [0.717, 1.165) is 24.0 Å². The molecule has 1 heterocycles. The highest BCUT2D eigenvalue weighted by Crippen LogP contribution is 2.22. The highest BCUT2D eigenvalue weighted by Gasteiger charge is 2.34. The minimum Gasteiger partial charge on any atom is -0.274 e. The SMILES string of the molecule is C#Cc1cccc(CCCN2C(=O)c3ccccc3C2=O)c1. The first-order chi connectivity index (χ1) is 10.7. The number of hydrogen-bond acceptors (Lipinski definition) is 2. The van der Waals surface area contributed by atoms with E-state index in [-0.39, 0.29) is 11.8 Å². The molecule has 0 N–H and O–H groups in total. The van der Waals surface area contributed by atoms with E-state index in [2.05, 4.69) is 5.92 Å². The van der Waals surface area contributed by atoms with Gasteiger partial charge in [-0.1, -0.05) is 30.2 Å². The molecule has 0 unspecified atom stereocenters. The van der Waals surface area contributed by atoms with Gasteiger partial charge < -0.3 is 0 Å². The zero-order chi connectivity index (χ0) is 15.5. The molecular weight excluding hydrogens is 274 g/mol. The van der Waals surface area contributed by atoms with Crippen molar-refractivity contribution in [2.75, 3.05) is 6.54 Å². The predicted molar refractivity (Wildman–Crippen MR) is 84.5 cm³/mol. The fraction of sp³-hybridized carbons (Fsp3) is 0.158. The Bertz CT molecular complexity index is 751. The summed E-state index contributed by atoms with van der Waals surface area (Å²) in [5, 5.41) is 0. The molecule has 0 atom stereocenters. The number of benzene rings is 2. The molecule has 0 fully saturated rings. The second kappa shape index (κ2) is 5.87. The van der Waals surface area contributed by atoms with Gasteiger partial charge in [0.05, 0.1) is 11.1 Å². The molecular formula is C19H15NO2. The van der Waals surface area contributed by atoms with Gasteiger partial charge >= 0.3 is 0 Å². The lowest BCUT2D eigenvalue weighted by Gasteiger charge is -2.13. The molecule has 0 saturated carbocycles. The Kier molecular flexibility index (Phi) is 3.76. The van der Waals surface area contributed by atoms with Gasteiger partial charge in [0, 0.05) is 12.1 Å². The van der Waals surface area contributed by atoms with Crippen LogP contribution in [0, 0.1) is 12.3 Å². The summed E-state index contributed by atoms with van der Waals surface area (Å²) >= 11 is 0. The smallest absolute Gasteiger partial charge is 0.261 e. The van der Waals surface area contributed by atoms with Crippen molar-refractivity contribution in [1.29, 1.82) is 0 Å². The quantitative estimate of drug-likeness (QED) is 0.641. The summed E-state index contributed by atoms with van der Waals surface area (Å²) in [4.78, 5) is 25.8. The van der Waals surface area contributed by atoms with Gasteiger partial charge in [0.2, 0.25) is 0 Å². The third-order valence-corrected chi connectivity index (χ3v) is 3.82. The molecule has 2 aromatic carbocycles. The van der Waals surface area contributed by atoms with Gasteiger partial charge in [-0.05, 0) is 42.7 Å². The lowest BCUT2D eigenvalue weighted by molar-refractivity contribution is 0.0652. The molecule has 3 nitrogen and oxygen atoms in total. The van der Waals surface area contributed by atoms with E-state index < -0.39 is 0 Å². The van der Waals surface area contributed by atoms with E-state index in [0.29, 0.717) is 17.7 Å². The predicted octanol–water partition coefficient (Wildman–Crippen LogP) is 2.90. The van der Waals surface area contributed by atoms with Crippen LogP contribution >= 0.6 is 0 Å². The number of amides is 2. The molecule has 2 aromatic rings. The first-order valence-corrected chi connectivity index (χ1v) is 7.21. The highest BCUT2D eigenvalue weighted by atomic mass is 16.2. The molecule has 2 amide bonds. The van der Waals surface area contributed by atoms with Crippen LogP contribution in [0.4, 0.5) is 0 Å². The van der Waals surface area contributed by atoms with Gasteiger partial charge in [-0.2, -0.15) is 0 Å². The number of terminal acetylenes is 1. The number of hydrogen-bond donors (Lipinski definition) is 0. The number of carbonyl (C=O) groups is 2. The Hall–Kier alpha value is -2.86. The lowest BCUT2D eigenvalue weighted by atomic mass is 10.1. The molecule has 3 heteroatoms. The molecule has 1 aliphatic rings. The van der Waals surface area contributed by atoms with Gasteiger partial charge in [-0.25, -0.2) is 0 Å². The molecule has 0 aromatic heterocycles. The number of rotatable bonds is 4. The maximum Gasteiger partial charge on any atom is 0.261 e. The van der Waals surface area contributed by atoms with Crippen LogP contribution in [0.3, 0.4) is 0 Å². The molecule has 3 rings (SSSR count). The molecule has 0 saturated heterocycles. The van der Waals surface area contributed by atoms with Crippen LogP contribution in [0.15, 0.2) is 48.5 Å². The van der Waals surface area contributed by atoms with E-state index in [1.54, 1.807) is 24.3 Å². The molecule has 0 bridgehead atoms. The number of nitrogens with zero attached hydrogens (tertiary/aromatic N) is 1. The minimum absolute atomic E-state index is 0.196. The summed E-state index contributed by atoms with van der Waals surface area (Å²) < 4.78 is 0. The van der Waals surface area contributed by atoms with Crippen molar-refractivity contribution in [3.8, 4) is 12.3 Å². The number of carbonyl (C=O) groups excluding carboxylic acids is 2. The average Bonchev–Trinajstić information content (AvgIpc) is 2.80. The monoisotopic (exact) mass is 289 g/mol. The topological polar surface area (TPSA) is 37.4 Å². The summed E-state index contributed by atoms with van der Waals surface area (Å²) in [7, 11) is 0. The van der Waals surface area contributed by atoms with E-state index >= 15 is 0 Å². The van der Waals surface area contributed by atoms with Crippen LogP contribution in [0.25, 0.3) is 0 Å². The number of imide groups is 1. The van der Waals surface area contributed by atoms with Crippen molar-refractivity contribution in [3.05, 3.63) is 70.8 Å². The standard InChI is InChI=1S/C19H15NO2/c1-2-14-7-5-8-15(13-14)9-6-12-20-18(21)16-10-3-4-11-17(16)19(20)22/h1,3-5,7-8,10-11,13H,6,9,12H2. The second-order valence-electron chi connectivity index (χ2n) is 5.26. The Morgan fingerprint density at radius 1 is 0.955 bits per heavy atom. The second-order valence-corrected chi connectivity index (χ2v) is 5.26. The van der Waals surface area contributed by atoms with Crippen molar-refractivity contribution in [2.24, 2.45) is 0 Å².